The Balaban J connectivity index is 1.70. The van der Waals surface area contributed by atoms with E-state index in [4.69, 9.17) is 4.74 Å². The number of ether oxygens (including phenoxy) is 1. The molecule has 1 heterocycles. The highest BCUT2D eigenvalue weighted by Gasteiger charge is 2.13. The summed E-state index contributed by atoms with van der Waals surface area (Å²) in [6.45, 7) is 0. The number of carbonyl (C=O) groups is 1. The van der Waals surface area contributed by atoms with E-state index >= 15 is 0 Å². The zero-order valence-electron chi connectivity index (χ0n) is 13.2. The zero-order valence-corrected chi connectivity index (χ0v) is 13.2. The molecule has 25 heavy (non-hydrogen) atoms. The monoisotopic (exact) mass is 333 g/mol. The van der Waals surface area contributed by atoms with E-state index in [1.54, 1.807) is 42.6 Å². The number of hydrogen-bond donors (Lipinski definition) is 2. The van der Waals surface area contributed by atoms with Gasteiger partial charge in [0.25, 0.3) is 5.91 Å². The molecule has 2 N–H and O–H groups in total. The highest BCUT2D eigenvalue weighted by molar-refractivity contribution is 5.96. The van der Waals surface area contributed by atoms with Crippen LogP contribution < -0.4 is 10.2 Å². The van der Waals surface area contributed by atoms with Crippen molar-refractivity contribution in [1.82, 2.24) is 10.4 Å². The fourth-order valence-electron chi connectivity index (χ4n) is 2.03. The van der Waals surface area contributed by atoms with Crippen LogP contribution in [0.1, 0.15) is 15.9 Å². The summed E-state index contributed by atoms with van der Waals surface area (Å²) in [7, 11) is 0. The molecule has 0 saturated carbocycles. The van der Waals surface area contributed by atoms with Crippen LogP contribution >= 0.6 is 0 Å². The first-order valence-electron chi connectivity index (χ1n) is 7.53. The summed E-state index contributed by atoms with van der Waals surface area (Å²) < 4.78 is 5.66. The standard InChI is InChI=1S/C19H15N3O3/c23-15-10-8-14(9-11-15)13-21-22-18(24)17-7-4-12-20-19(17)25-16-5-2-1-3-6-16/h1-13,23H,(H,22,24)/b21-13+. The van der Waals surface area contributed by atoms with E-state index in [1.165, 1.54) is 18.3 Å². The average molecular weight is 333 g/mol. The minimum absolute atomic E-state index is 0.166. The predicted octanol–water partition coefficient (Wildman–Crippen LogP) is 3.34. The molecular weight excluding hydrogens is 318 g/mol. The van der Waals surface area contributed by atoms with Crippen LogP contribution in [0.25, 0.3) is 0 Å². The van der Waals surface area contributed by atoms with Crippen molar-refractivity contribution in [2.75, 3.05) is 0 Å². The van der Waals surface area contributed by atoms with Crippen LogP contribution in [0.3, 0.4) is 0 Å². The van der Waals surface area contributed by atoms with Gasteiger partial charge in [-0.2, -0.15) is 5.10 Å². The molecule has 0 atom stereocenters. The van der Waals surface area contributed by atoms with Gasteiger partial charge in [-0.25, -0.2) is 10.4 Å². The molecule has 0 aliphatic rings. The third-order valence-corrected chi connectivity index (χ3v) is 3.25. The van der Waals surface area contributed by atoms with E-state index in [2.05, 4.69) is 15.5 Å². The smallest absolute Gasteiger partial charge is 0.276 e. The van der Waals surface area contributed by atoms with E-state index in [1.807, 2.05) is 18.2 Å². The van der Waals surface area contributed by atoms with Gasteiger partial charge in [0.15, 0.2) is 0 Å². The number of nitrogens with zero attached hydrogens (tertiary/aromatic N) is 2. The Labute approximate surface area is 144 Å². The molecular formula is C19H15N3O3. The number of amides is 1. The number of nitrogens with one attached hydrogen (secondary N) is 1. The van der Waals surface area contributed by atoms with Gasteiger partial charge < -0.3 is 9.84 Å². The molecule has 124 valence electrons. The lowest BCUT2D eigenvalue weighted by Crippen LogP contribution is -2.18. The summed E-state index contributed by atoms with van der Waals surface area (Å²) in [5.41, 5.74) is 3.45. The summed E-state index contributed by atoms with van der Waals surface area (Å²) in [5.74, 6) is 0.516. The molecule has 0 aliphatic heterocycles. The van der Waals surface area contributed by atoms with E-state index in [9.17, 15) is 9.90 Å². The Hall–Kier alpha value is -3.67. The third kappa shape index (κ3) is 4.42. The van der Waals surface area contributed by atoms with E-state index in [0.717, 1.165) is 5.56 Å². The number of aromatic nitrogens is 1. The van der Waals surface area contributed by atoms with Gasteiger partial charge in [-0.05, 0) is 54.1 Å². The molecule has 0 spiro atoms. The molecule has 1 aromatic heterocycles. The highest BCUT2D eigenvalue weighted by atomic mass is 16.5. The number of benzene rings is 2. The minimum Gasteiger partial charge on any atom is -0.508 e. The van der Waals surface area contributed by atoms with Crippen molar-refractivity contribution in [1.29, 1.82) is 0 Å². The SMILES string of the molecule is O=C(N/N=C/c1ccc(O)cc1)c1cccnc1Oc1ccccc1. The topological polar surface area (TPSA) is 83.8 Å². The number of phenols is 1. The molecule has 1 amide bonds. The number of carbonyl (C=O) groups excluding carboxylic acids is 1. The number of hydrazone groups is 1. The van der Waals surface area contributed by atoms with Gasteiger partial charge in [-0.1, -0.05) is 18.2 Å². The molecule has 0 radical (unpaired) electrons. The van der Waals surface area contributed by atoms with Gasteiger partial charge in [0.2, 0.25) is 5.88 Å². The number of phenolic OH excluding ortho intramolecular Hbond substituents is 1. The zero-order chi connectivity index (χ0) is 17.5. The van der Waals surface area contributed by atoms with Crippen molar-refractivity contribution >= 4 is 12.1 Å². The van der Waals surface area contributed by atoms with Crippen molar-refractivity contribution < 1.29 is 14.6 Å². The third-order valence-electron chi connectivity index (χ3n) is 3.25. The van der Waals surface area contributed by atoms with Crippen LogP contribution in [0.2, 0.25) is 0 Å². The Morgan fingerprint density at radius 3 is 2.56 bits per heavy atom. The highest BCUT2D eigenvalue weighted by Crippen LogP contribution is 2.22. The van der Waals surface area contributed by atoms with E-state index < -0.39 is 5.91 Å². The Morgan fingerprint density at radius 2 is 1.80 bits per heavy atom. The summed E-state index contributed by atoms with van der Waals surface area (Å²) in [5, 5.41) is 13.1. The lowest BCUT2D eigenvalue weighted by Gasteiger charge is -2.08. The van der Waals surface area contributed by atoms with E-state index in [0.29, 0.717) is 5.75 Å². The summed E-state index contributed by atoms with van der Waals surface area (Å²) >= 11 is 0. The molecule has 0 fully saturated rings. The molecule has 3 rings (SSSR count). The molecule has 0 aliphatic carbocycles. The first-order chi connectivity index (χ1) is 12.2. The molecule has 6 heteroatoms. The maximum absolute atomic E-state index is 12.3. The number of rotatable bonds is 5. The number of hydrogen-bond acceptors (Lipinski definition) is 5. The fraction of sp³-hybridized carbons (Fsp3) is 0. The van der Waals surface area contributed by atoms with Crippen LogP contribution in [0.5, 0.6) is 17.4 Å². The molecule has 3 aromatic rings. The van der Waals surface area contributed by atoms with Gasteiger partial charge in [-0.15, -0.1) is 0 Å². The Bertz CT molecular complexity index is 878. The van der Waals surface area contributed by atoms with Gasteiger partial charge in [0.05, 0.1) is 6.21 Å². The summed E-state index contributed by atoms with van der Waals surface area (Å²) in [6, 6.07) is 18.8. The number of pyridine rings is 1. The normalized spacial score (nSPS) is 10.6. The van der Waals surface area contributed by atoms with Crippen LogP contribution in [-0.4, -0.2) is 22.2 Å². The predicted molar refractivity (Wildman–Crippen MR) is 93.9 cm³/mol. The second kappa shape index (κ2) is 7.74. The summed E-state index contributed by atoms with van der Waals surface area (Å²) in [4.78, 5) is 16.4. The summed E-state index contributed by atoms with van der Waals surface area (Å²) in [6.07, 6.45) is 3.03. The van der Waals surface area contributed by atoms with E-state index in [-0.39, 0.29) is 17.2 Å². The van der Waals surface area contributed by atoms with Gasteiger partial charge >= 0.3 is 0 Å². The lowest BCUT2D eigenvalue weighted by molar-refractivity contribution is 0.0952. The van der Waals surface area contributed by atoms with Gasteiger partial charge in [-0.3, -0.25) is 4.79 Å². The second-order valence-corrected chi connectivity index (χ2v) is 5.06. The van der Waals surface area contributed by atoms with Crippen molar-refractivity contribution in [2.24, 2.45) is 5.10 Å². The minimum atomic E-state index is -0.436. The van der Waals surface area contributed by atoms with Crippen LogP contribution in [0.4, 0.5) is 0 Å². The second-order valence-electron chi connectivity index (χ2n) is 5.06. The van der Waals surface area contributed by atoms with Crippen molar-refractivity contribution in [3.63, 3.8) is 0 Å². The first kappa shape index (κ1) is 16.2. The lowest BCUT2D eigenvalue weighted by atomic mass is 10.2. The number of para-hydroxylation sites is 1. The molecule has 6 nitrogen and oxygen atoms in total. The van der Waals surface area contributed by atoms with Crippen molar-refractivity contribution in [3.05, 3.63) is 84.1 Å². The van der Waals surface area contributed by atoms with Crippen LogP contribution in [0.15, 0.2) is 78.0 Å². The maximum Gasteiger partial charge on any atom is 0.276 e. The average Bonchev–Trinajstić information content (AvgIpc) is 2.64. The molecule has 0 saturated heterocycles. The van der Waals surface area contributed by atoms with Gasteiger partial charge in [0, 0.05) is 6.20 Å². The quantitative estimate of drug-likeness (QED) is 0.554. The molecule has 0 unspecified atom stereocenters. The molecule has 0 bridgehead atoms. The maximum atomic E-state index is 12.3. The first-order valence-corrected chi connectivity index (χ1v) is 7.53. The van der Waals surface area contributed by atoms with Crippen molar-refractivity contribution in [2.45, 2.75) is 0 Å². The van der Waals surface area contributed by atoms with Gasteiger partial charge in [0.1, 0.15) is 17.1 Å². The van der Waals surface area contributed by atoms with Crippen LogP contribution in [0, 0.1) is 0 Å². The van der Waals surface area contributed by atoms with Crippen molar-refractivity contribution in [3.8, 4) is 17.4 Å². The van der Waals surface area contributed by atoms with Crippen LogP contribution in [-0.2, 0) is 0 Å². The molecule has 2 aromatic carbocycles. The largest absolute Gasteiger partial charge is 0.508 e. The Morgan fingerprint density at radius 1 is 1.04 bits per heavy atom. The Kier molecular flexibility index (Phi) is 5.01. The fourth-order valence-corrected chi connectivity index (χ4v) is 2.03. The number of aromatic hydroxyl groups is 1.